The van der Waals surface area contributed by atoms with Gasteiger partial charge in [-0.1, -0.05) is 18.2 Å². The summed E-state index contributed by atoms with van der Waals surface area (Å²) < 4.78 is 6.06. The number of aromatic nitrogens is 2. The van der Waals surface area contributed by atoms with Crippen LogP contribution in [0.3, 0.4) is 0 Å². The molecule has 0 saturated carbocycles. The Kier molecular flexibility index (Phi) is 10.3. The summed E-state index contributed by atoms with van der Waals surface area (Å²) in [7, 11) is 0. The number of nitrogens with one attached hydrogen (secondary N) is 3. The van der Waals surface area contributed by atoms with Gasteiger partial charge in [-0.3, -0.25) is 5.10 Å². The first-order valence-electron chi connectivity index (χ1n) is 9.67. The van der Waals surface area contributed by atoms with Crippen molar-refractivity contribution in [1.29, 1.82) is 0 Å². The molecule has 28 heavy (non-hydrogen) atoms. The van der Waals surface area contributed by atoms with Gasteiger partial charge in [-0.25, -0.2) is 4.99 Å². The van der Waals surface area contributed by atoms with Crippen LogP contribution in [-0.2, 0) is 13.0 Å². The van der Waals surface area contributed by atoms with E-state index in [1.165, 1.54) is 5.56 Å². The predicted octanol–water partition coefficient (Wildman–Crippen LogP) is 4.20. The molecule has 1 aromatic carbocycles. The highest BCUT2D eigenvalue weighted by Gasteiger charge is 2.14. The van der Waals surface area contributed by atoms with Crippen molar-refractivity contribution < 1.29 is 4.74 Å². The van der Waals surface area contributed by atoms with Crippen LogP contribution in [0.25, 0.3) is 0 Å². The molecule has 0 fully saturated rings. The van der Waals surface area contributed by atoms with Gasteiger partial charge in [-0.05, 0) is 59.1 Å². The van der Waals surface area contributed by atoms with Crippen molar-refractivity contribution in [3.8, 4) is 5.75 Å². The Morgan fingerprint density at radius 3 is 2.57 bits per heavy atom. The molecular weight excluding hydrogens is 465 g/mol. The standard InChI is InChI=1S/C21H33N5O.HI/c1-6-22-20(23-13-9-11-17-15-25-26-16(17)2)24-14-18-10-7-8-12-19(18)27-21(3,4)5;/h7-8,10,12,15H,6,9,11,13-14H2,1-5H3,(H,25,26)(H2,22,23,24);1H. The Labute approximate surface area is 186 Å². The number of H-pyrrole nitrogens is 1. The molecule has 156 valence electrons. The van der Waals surface area contributed by atoms with Gasteiger partial charge < -0.3 is 15.4 Å². The molecule has 2 rings (SSSR count). The van der Waals surface area contributed by atoms with Crippen LogP contribution in [0.1, 0.15) is 50.9 Å². The third-order valence-electron chi connectivity index (χ3n) is 3.99. The number of aromatic amines is 1. The fraction of sp³-hybridized carbons (Fsp3) is 0.524. The summed E-state index contributed by atoms with van der Waals surface area (Å²) in [4.78, 5) is 4.72. The Morgan fingerprint density at radius 2 is 1.93 bits per heavy atom. The maximum atomic E-state index is 6.06. The van der Waals surface area contributed by atoms with Crippen LogP contribution in [0.5, 0.6) is 5.75 Å². The highest BCUT2D eigenvalue weighted by atomic mass is 127. The average Bonchev–Trinajstić information content (AvgIpc) is 3.01. The van der Waals surface area contributed by atoms with Gasteiger partial charge in [0.1, 0.15) is 11.4 Å². The summed E-state index contributed by atoms with van der Waals surface area (Å²) in [6.45, 7) is 12.5. The number of guanidine groups is 1. The smallest absolute Gasteiger partial charge is 0.191 e. The van der Waals surface area contributed by atoms with Crippen LogP contribution >= 0.6 is 24.0 Å². The number of rotatable bonds is 8. The van der Waals surface area contributed by atoms with E-state index in [0.717, 1.165) is 48.9 Å². The molecule has 2 aromatic rings. The lowest BCUT2D eigenvalue weighted by atomic mass is 10.1. The van der Waals surface area contributed by atoms with Crippen molar-refractivity contribution in [2.45, 2.75) is 59.6 Å². The minimum Gasteiger partial charge on any atom is -0.488 e. The summed E-state index contributed by atoms with van der Waals surface area (Å²) in [5, 5.41) is 13.8. The molecule has 0 saturated heterocycles. The van der Waals surface area contributed by atoms with Crippen LogP contribution in [0.2, 0.25) is 0 Å². The Bertz CT molecular complexity index is 736. The Balaban J connectivity index is 0.00000392. The van der Waals surface area contributed by atoms with Gasteiger partial charge in [0.15, 0.2) is 5.96 Å². The van der Waals surface area contributed by atoms with E-state index in [-0.39, 0.29) is 29.6 Å². The molecule has 0 atom stereocenters. The van der Waals surface area contributed by atoms with Crippen LogP contribution in [0.4, 0.5) is 0 Å². The largest absolute Gasteiger partial charge is 0.488 e. The van der Waals surface area contributed by atoms with Crippen molar-refractivity contribution in [3.05, 3.63) is 47.3 Å². The third-order valence-corrected chi connectivity index (χ3v) is 3.99. The second-order valence-corrected chi connectivity index (χ2v) is 7.57. The van der Waals surface area contributed by atoms with Gasteiger partial charge >= 0.3 is 0 Å². The average molecular weight is 499 g/mol. The van der Waals surface area contributed by atoms with Crippen LogP contribution in [0.15, 0.2) is 35.5 Å². The summed E-state index contributed by atoms with van der Waals surface area (Å²) in [5.74, 6) is 1.71. The molecule has 0 aliphatic rings. The lowest BCUT2D eigenvalue weighted by molar-refractivity contribution is 0.129. The van der Waals surface area contributed by atoms with Gasteiger partial charge in [0, 0.05) is 24.3 Å². The lowest BCUT2D eigenvalue weighted by Crippen LogP contribution is -2.37. The molecular formula is C21H34IN5O. The number of benzene rings is 1. The van der Waals surface area contributed by atoms with Gasteiger partial charge in [-0.15, -0.1) is 24.0 Å². The van der Waals surface area contributed by atoms with E-state index in [1.54, 1.807) is 0 Å². The number of aliphatic imine (C=N–C) groups is 1. The van der Waals surface area contributed by atoms with Gasteiger partial charge in [-0.2, -0.15) is 5.10 Å². The summed E-state index contributed by atoms with van der Waals surface area (Å²) in [6.07, 6.45) is 3.92. The molecule has 0 radical (unpaired) electrons. The first kappa shape index (κ1) is 24.3. The number of nitrogens with zero attached hydrogens (tertiary/aromatic N) is 2. The molecule has 0 spiro atoms. The molecule has 7 heteroatoms. The quantitative estimate of drug-likeness (QED) is 0.220. The van der Waals surface area contributed by atoms with Crippen molar-refractivity contribution in [1.82, 2.24) is 20.8 Å². The number of para-hydroxylation sites is 1. The number of ether oxygens (including phenoxy) is 1. The molecule has 3 N–H and O–H groups in total. The molecule has 1 aromatic heterocycles. The van der Waals surface area contributed by atoms with Crippen molar-refractivity contribution in [2.75, 3.05) is 13.1 Å². The molecule has 0 amide bonds. The van der Waals surface area contributed by atoms with Crippen molar-refractivity contribution in [3.63, 3.8) is 0 Å². The van der Waals surface area contributed by atoms with E-state index in [0.29, 0.717) is 6.54 Å². The van der Waals surface area contributed by atoms with Crippen LogP contribution in [0, 0.1) is 6.92 Å². The van der Waals surface area contributed by atoms with Gasteiger partial charge in [0.25, 0.3) is 0 Å². The number of halogens is 1. The zero-order valence-electron chi connectivity index (χ0n) is 17.6. The monoisotopic (exact) mass is 499 g/mol. The van der Waals surface area contributed by atoms with E-state index in [9.17, 15) is 0 Å². The maximum Gasteiger partial charge on any atom is 0.191 e. The third kappa shape index (κ3) is 8.50. The zero-order valence-corrected chi connectivity index (χ0v) is 20.0. The summed E-state index contributed by atoms with van der Waals surface area (Å²) >= 11 is 0. The minimum atomic E-state index is -0.228. The Morgan fingerprint density at radius 1 is 1.18 bits per heavy atom. The fourth-order valence-corrected chi connectivity index (χ4v) is 2.68. The SMILES string of the molecule is CCNC(=NCc1ccccc1OC(C)(C)C)NCCCc1cn[nH]c1C.I. The number of hydrogen-bond donors (Lipinski definition) is 3. The number of hydrogen-bond acceptors (Lipinski definition) is 3. The Hall–Kier alpha value is -1.77. The minimum absolute atomic E-state index is 0. The summed E-state index contributed by atoms with van der Waals surface area (Å²) in [6, 6.07) is 8.09. The first-order valence-corrected chi connectivity index (χ1v) is 9.67. The molecule has 0 unspecified atom stereocenters. The second kappa shape index (κ2) is 11.9. The zero-order chi connectivity index (χ0) is 19.7. The molecule has 1 heterocycles. The van der Waals surface area contributed by atoms with Gasteiger partial charge in [0.2, 0.25) is 0 Å². The predicted molar refractivity (Wildman–Crippen MR) is 127 cm³/mol. The molecule has 0 aliphatic carbocycles. The maximum absolute atomic E-state index is 6.06. The number of aryl methyl sites for hydroxylation is 2. The normalized spacial score (nSPS) is 11.7. The highest BCUT2D eigenvalue weighted by Crippen LogP contribution is 2.23. The van der Waals surface area contributed by atoms with Crippen LogP contribution < -0.4 is 15.4 Å². The van der Waals surface area contributed by atoms with Crippen molar-refractivity contribution >= 4 is 29.9 Å². The first-order chi connectivity index (χ1) is 12.9. The van der Waals surface area contributed by atoms with Crippen LogP contribution in [-0.4, -0.2) is 34.8 Å². The lowest BCUT2D eigenvalue weighted by Gasteiger charge is -2.23. The van der Waals surface area contributed by atoms with E-state index in [1.807, 2.05) is 24.4 Å². The molecule has 0 aliphatic heterocycles. The highest BCUT2D eigenvalue weighted by molar-refractivity contribution is 14.0. The second-order valence-electron chi connectivity index (χ2n) is 7.57. The van der Waals surface area contributed by atoms with E-state index in [4.69, 9.17) is 9.73 Å². The van der Waals surface area contributed by atoms with Gasteiger partial charge in [0.05, 0.1) is 12.7 Å². The molecule has 6 nitrogen and oxygen atoms in total. The van der Waals surface area contributed by atoms with E-state index in [2.05, 4.69) is 61.5 Å². The fourth-order valence-electron chi connectivity index (χ4n) is 2.68. The van der Waals surface area contributed by atoms with E-state index >= 15 is 0 Å². The van der Waals surface area contributed by atoms with E-state index < -0.39 is 0 Å². The molecule has 0 bridgehead atoms. The van der Waals surface area contributed by atoms with Crippen molar-refractivity contribution in [2.24, 2.45) is 4.99 Å². The topological polar surface area (TPSA) is 74.3 Å². The summed E-state index contributed by atoms with van der Waals surface area (Å²) in [5.41, 5.74) is 3.27.